The zero-order valence-electron chi connectivity index (χ0n) is 13.6. The summed E-state index contributed by atoms with van der Waals surface area (Å²) in [5.74, 6) is -2.52. The molecule has 0 fully saturated rings. The molecule has 25 heavy (non-hydrogen) atoms. The first-order chi connectivity index (χ1) is 12.0. The first kappa shape index (κ1) is 19.0. The average Bonchev–Trinajstić information content (AvgIpc) is 2.56. The third-order valence-corrected chi connectivity index (χ3v) is 4.13. The van der Waals surface area contributed by atoms with Crippen molar-refractivity contribution >= 4 is 29.4 Å². The van der Waals surface area contributed by atoms with Gasteiger partial charge in [0.25, 0.3) is 0 Å². The average molecular weight is 366 g/mol. The van der Waals surface area contributed by atoms with E-state index in [0.29, 0.717) is 17.9 Å². The number of esters is 1. The summed E-state index contributed by atoms with van der Waals surface area (Å²) in [6.07, 6.45) is 4.31. The number of allylic oxidation sites excluding steroid dienone is 2. The van der Waals surface area contributed by atoms with Gasteiger partial charge in [-0.2, -0.15) is 0 Å². The van der Waals surface area contributed by atoms with Crippen LogP contribution in [0.25, 0.3) is 0 Å². The van der Waals surface area contributed by atoms with E-state index >= 15 is 0 Å². The van der Waals surface area contributed by atoms with Gasteiger partial charge in [0.1, 0.15) is 6.61 Å². The number of carboxylic acids is 1. The number of rotatable bonds is 3. The normalized spacial score (nSPS) is 22.3. The minimum absolute atomic E-state index is 0.0635. The maximum atomic E-state index is 12.2. The molecular weight excluding hydrogens is 346 g/mol. The number of cyclic esters (lactones) is 1. The Labute approximate surface area is 150 Å². The Morgan fingerprint density at radius 3 is 2.64 bits per heavy atom. The lowest BCUT2D eigenvalue weighted by Gasteiger charge is -2.21. The SMILES string of the molecule is O=C(O)C[C@@H]1CC=CCCC(=O)N[C@H](c2ccc(Cl)cc2)COC1=O. The third-order valence-electron chi connectivity index (χ3n) is 3.88. The number of hydrogen-bond acceptors (Lipinski definition) is 4. The fourth-order valence-corrected chi connectivity index (χ4v) is 2.66. The summed E-state index contributed by atoms with van der Waals surface area (Å²) in [4.78, 5) is 35.2. The number of nitrogens with one attached hydrogen (secondary N) is 1. The van der Waals surface area contributed by atoms with Gasteiger partial charge in [-0.1, -0.05) is 35.9 Å². The van der Waals surface area contributed by atoms with Gasteiger partial charge < -0.3 is 15.2 Å². The molecule has 0 saturated carbocycles. The second kappa shape index (κ2) is 9.22. The summed E-state index contributed by atoms with van der Waals surface area (Å²) in [7, 11) is 0. The molecule has 2 rings (SSSR count). The van der Waals surface area contributed by atoms with Gasteiger partial charge in [0.05, 0.1) is 18.4 Å². The summed E-state index contributed by atoms with van der Waals surface area (Å²) in [5.41, 5.74) is 0.757. The van der Waals surface area contributed by atoms with Gasteiger partial charge in [-0.3, -0.25) is 14.4 Å². The number of carbonyl (C=O) groups excluding carboxylic acids is 2. The van der Waals surface area contributed by atoms with Gasteiger partial charge in [-0.05, 0) is 30.5 Å². The molecule has 7 heteroatoms. The van der Waals surface area contributed by atoms with Gasteiger partial charge in [0.15, 0.2) is 0 Å². The van der Waals surface area contributed by atoms with Crippen LogP contribution in [0.3, 0.4) is 0 Å². The van der Waals surface area contributed by atoms with E-state index in [2.05, 4.69) is 5.32 Å². The number of aliphatic carboxylic acids is 1. The fourth-order valence-electron chi connectivity index (χ4n) is 2.53. The van der Waals surface area contributed by atoms with Crippen molar-refractivity contribution in [2.45, 2.75) is 31.7 Å². The van der Waals surface area contributed by atoms with Crippen molar-refractivity contribution in [3.8, 4) is 0 Å². The number of carboxylic acid groups (broad SMARTS) is 1. The first-order valence-electron chi connectivity index (χ1n) is 8.04. The van der Waals surface area contributed by atoms with Crippen molar-refractivity contribution in [1.82, 2.24) is 5.32 Å². The van der Waals surface area contributed by atoms with Crippen LogP contribution in [0.5, 0.6) is 0 Å². The van der Waals surface area contributed by atoms with E-state index in [1.165, 1.54) is 0 Å². The fraction of sp³-hybridized carbons (Fsp3) is 0.389. The van der Waals surface area contributed by atoms with Crippen LogP contribution in [0.15, 0.2) is 36.4 Å². The highest BCUT2D eigenvalue weighted by atomic mass is 35.5. The molecule has 1 heterocycles. The van der Waals surface area contributed by atoms with Crippen molar-refractivity contribution in [1.29, 1.82) is 0 Å². The summed E-state index contributed by atoms with van der Waals surface area (Å²) in [5, 5.41) is 12.4. The van der Waals surface area contributed by atoms with Crippen LogP contribution in [-0.4, -0.2) is 29.6 Å². The van der Waals surface area contributed by atoms with Crippen LogP contribution in [-0.2, 0) is 19.1 Å². The molecule has 0 unspecified atom stereocenters. The van der Waals surface area contributed by atoms with Crippen molar-refractivity contribution in [2.24, 2.45) is 5.92 Å². The van der Waals surface area contributed by atoms with Crippen LogP contribution in [0.1, 0.15) is 37.3 Å². The Morgan fingerprint density at radius 2 is 1.96 bits per heavy atom. The molecule has 1 aliphatic heterocycles. The van der Waals surface area contributed by atoms with Gasteiger partial charge in [0.2, 0.25) is 5.91 Å². The Hall–Kier alpha value is -2.34. The van der Waals surface area contributed by atoms with E-state index in [9.17, 15) is 14.4 Å². The lowest BCUT2D eigenvalue weighted by molar-refractivity contribution is -0.153. The highest BCUT2D eigenvalue weighted by molar-refractivity contribution is 6.30. The topological polar surface area (TPSA) is 92.7 Å². The van der Waals surface area contributed by atoms with E-state index in [4.69, 9.17) is 21.4 Å². The minimum Gasteiger partial charge on any atom is -0.481 e. The van der Waals surface area contributed by atoms with Crippen LogP contribution in [0.2, 0.25) is 5.02 Å². The number of ether oxygens (including phenoxy) is 1. The summed E-state index contributed by atoms with van der Waals surface area (Å²) < 4.78 is 5.29. The minimum atomic E-state index is -1.05. The number of amides is 1. The smallest absolute Gasteiger partial charge is 0.309 e. The number of halogens is 1. The van der Waals surface area contributed by atoms with Gasteiger partial charge >= 0.3 is 11.9 Å². The number of benzene rings is 1. The predicted molar refractivity (Wildman–Crippen MR) is 92.0 cm³/mol. The molecule has 0 aromatic heterocycles. The first-order valence-corrected chi connectivity index (χ1v) is 8.41. The summed E-state index contributed by atoms with van der Waals surface area (Å²) in [6.45, 7) is -0.0635. The van der Waals surface area contributed by atoms with Crippen molar-refractivity contribution in [2.75, 3.05) is 6.61 Å². The molecule has 1 aliphatic rings. The maximum absolute atomic E-state index is 12.2. The number of hydrogen-bond donors (Lipinski definition) is 2. The molecule has 0 bridgehead atoms. The molecule has 0 aliphatic carbocycles. The number of carbonyl (C=O) groups is 3. The van der Waals surface area contributed by atoms with Gasteiger partial charge in [-0.15, -0.1) is 0 Å². The zero-order chi connectivity index (χ0) is 18.2. The molecule has 2 N–H and O–H groups in total. The largest absolute Gasteiger partial charge is 0.481 e. The molecule has 0 radical (unpaired) electrons. The Bertz CT molecular complexity index is 656. The highest BCUT2D eigenvalue weighted by Crippen LogP contribution is 2.20. The predicted octanol–water partition coefficient (Wildman–Crippen LogP) is 2.87. The molecule has 1 aromatic carbocycles. The maximum Gasteiger partial charge on any atom is 0.309 e. The van der Waals surface area contributed by atoms with Crippen LogP contribution >= 0.6 is 11.6 Å². The molecule has 6 nitrogen and oxygen atoms in total. The summed E-state index contributed by atoms with van der Waals surface area (Å²) in [6, 6.07) is 6.37. The molecule has 1 amide bonds. The zero-order valence-corrected chi connectivity index (χ0v) is 14.4. The lowest BCUT2D eigenvalue weighted by Crippen LogP contribution is -2.33. The van der Waals surface area contributed by atoms with Crippen molar-refractivity contribution < 1.29 is 24.2 Å². The van der Waals surface area contributed by atoms with Gasteiger partial charge in [-0.25, -0.2) is 0 Å². The molecule has 134 valence electrons. The molecule has 2 atom stereocenters. The standard InChI is InChI=1S/C18H20ClNO5/c19-14-8-6-12(7-9-14)15-11-25-18(24)13(10-17(22)23)4-2-1-3-5-16(21)20-15/h1-2,6-9,13,15H,3-5,10-11H2,(H,20,21)(H,22,23)/t13-,15-/m0/s1. The van der Waals surface area contributed by atoms with Gasteiger partial charge in [0, 0.05) is 11.4 Å². The van der Waals surface area contributed by atoms with Crippen LogP contribution in [0.4, 0.5) is 0 Å². The lowest BCUT2D eigenvalue weighted by atomic mass is 10.0. The molecule has 0 saturated heterocycles. The quantitative estimate of drug-likeness (QED) is 0.634. The second-order valence-corrected chi connectivity index (χ2v) is 6.28. The van der Waals surface area contributed by atoms with E-state index in [-0.39, 0.29) is 25.4 Å². The summed E-state index contributed by atoms with van der Waals surface area (Å²) >= 11 is 5.88. The second-order valence-electron chi connectivity index (χ2n) is 5.84. The Kier molecular flexibility index (Phi) is 7.01. The molecule has 0 spiro atoms. The van der Waals surface area contributed by atoms with Crippen molar-refractivity contribution in [3.05, 3.63) is 47.0 Å². The van der Waals surface area contributed by atoms with E-state index < -0.39 is 23.9 Å². The van der Waals surface area contributed by atoms with E-state index in [0.717, 1.165) is 5.56 Å². The molecular formula is C18H20ClNO5. The highest BCUT2D eigenvalue weighted by Gasteiger charge is 2.24. The Balaban J connectivity index is 2.17. The van der Waals surface area contributed by atoms with Crippen molar-refractivity contribution in [3.63, 3.8) is 0 Å². The molecule has 1 aromatic rings. The Morgan fingerprint density at radius 1 is 1.24 bits per heavy atom. The van der Waals surface area contributed by atoms with E-state index in [1.807, 2.05) is 0 Å². The van der Waals surface area contributed by atoms with E-state index in [1.54, 1.807) is 36.4 Å². The monoisotopic (exact) mass is 365 g/mol. The van der Waals surface area contributed by atoms with Crippen LogP contribution < -0.4 is 5.32 Å². The van der Waals surface area contributed by atoms with Crippen LogP contribution in [0, 0.1) is 5.92 Å². The third kappa shape index (κ3) is 6.23.